The number of hydrogen-bond donors (Lipinski definition) is 2. The van der Waals surface area contributed by atoms with Crippen molar-refractivity contribution in [1.82, 2.24) is 5.32 Å². The minimum absolute atomic E-state index is 0.128. The van der Waals surface area contributed by atoms with Gasteiger partial charge >= 0.3 is 0 Å². The van der Waals surface area contributed by atoms with E-state index in [1.165, 1.54) is 13.0 Å². The van der Waals surface area contributed by atoms with Gasteiger partial charge in [-0.1, -0.05) is 0 Å². The van der Waals surface area contributed by atoms with Crippen molar-refractivity contribution >= 4 is 11.6 Å². The van der Waals surface area contributed by atoms with Crippen LogP contribution < -0.4 is 5.32 Å². The SMILES string of the molecule is CNC1=CC(=O)CC(C)(O)C1=O. The molecule has 0 aromatic rings. The van der Waals surface area contributed by atoms with E-state index in [9.17, 15) is 14.7 Å². The first-order chi connectivity index (χ1) is 5.47. The zero-order valence-corrected chi connectivity index (χ0v) is 7.05. The number of ketones is 2. The smallest absolute Gasteiger partial charge is 0.210 e. The molecule has 0 heterocycles. The molecule has 1 aliphatic carbocycles. The molecule has 4 nitrogen and oxygen atoms in total. The van der Waals surface area contributed by atoms with E-state index in [2.05, 4.69) is 5.32 Å². The quantitative estimate of drug-likeness (QED) is 0.549. The molecule has 0 aliphatic heterocycles. The Labute approximate surface area is 70.3 Å². The minimum atomic E-state index is -1.54. The highest BCUT2D eigenvalue weighted by molar-refractivity contribution is 6.12. The molecular formula is C8H11NO3. The predicted octanol–water partition coefficient (Wildman–Crippen LogP) is -0.617. The number of nitrogens with one attached hydrogen (secondary N) is 1. The van der Waals surface area contributed by atoms with E-state index < -0.39 is 11.4 Å². The predicted molar refractivity (Wildman–Crippen MR) is 42.4 cm³/mol. The Hall–Kier alpha value is -1.16. The molecule has 1 rings (SSSR count). The second-order valence-electron chi connectivity index (χ2n) is 3.05. The van der Waals surface area contributed by atoms with E-state index >= 15 is 0 Å². The number of carbonyl (C=O) groups excluding carboxylic acids is 2. The van der Waals surface area contributed by atoms with Crippen LogP contribution >= 0.6 is 0 Å². The Morgan fingerprint density at radius 3 is 2.67 bits per heavy atom. The number of rotatable bonds is 1. The standard InChI is InChI=1S/C8H11NO3/c1-8(12)4-5(10)3-6(9-2)7(8)11/h3,9,12H,4H2,1-2H3. The van der Waals surface area contributed by atoms with E-state index in [1.807, 2.05) is 0 Å². The molecule has 2 N–H and O–H groups in total. The first kappa shape index (κ1) is 8.93. The van der Waals surface area contributed by atoms with Gasteiger partial charge in [0.05, 0.1) is 5.70 Å². The maximum absolute atomic E-state index is 11.3. The van der Waals surface area contributed by atoms with Crippen LogP contribution in [0.5, 0.6) is 0 Å². The monoisotopic (exact) mass is 169 g/mol. The van der Waals surface area contributed by atoms with Crippen LogP contribution in [0.25, 0.3) is 0 Å². The summed E-state index contributed by atoms with van der Waals surface area (Å²) in [5.74, 6) is -0.659. The van der Waals surface area contributed by atoms with E-state index in [0.29, 0.717) is 0 Å². The Morgan fingerprint density at radius 1 is 1.58 bits per heavy atom. The zero-order chi connectivity index (χ0) is 9.35. The summed E-state index contributed by atoms with van der Waals surface area (Å²) in [6.07, 6.45) is 1.09. The molecule has 0 saturated carbocycles. The zero-order valence-electron chi connectivity index (χ0n) is 7.05. The van der Waals surface area contributed by atoms with Crippen LogP contribution in [0.1, 0.15) is 13.3 Å². The molecule has 0 fully saturated rings. The van der Waals surface area contributed by atoms with Crippen molar-refractivity contribution in [3.8, 4) is 0 Å². The molecule has 0 saturated heterocycles. The van der Waals surface area contributed by atoms with Crippen LogP contribution in [-0.2, 0) is 9.59 Å². The summed E-state index contributed by atoms with van der Waals surface area (Å²) in [5.41, 5.74) is -1.36. The lowest BCUT2D eigenvalue weighted by Crippen LogP contribution is -2.44. The summed E-state index contributed by atoms with van der Waals surface area (Å²) < 4.78 is 0. The normalized spacial score (nSPS) is 30.1. The number of aliphatic hydroxyl groups is 1. The third-order valence-corrected chi connectivity index (χ3v) is 1.83. The second kappa shape index (κ2) is 2.71. The molecule has 0 aromatic heterocycles. The molecule has 0 bridgehead atoms. The molecule has 0 spiro atoms. The van der Waals surface area contributed by atoms with Crippen LogP contribution in [0.2, 0.25) is 0 Å². The van der Waals surface area contributed by atoms with Crippen molar-refractivity contribution in [2.45, 2.75) is 18.9 Å². The summed E-state index contributed by atoms with van der Waals surface area (Å²) in [5, 5.41) is 12.0. The molecule has 1 unspecified atom stereocenters. The third kappa shape index (κ3) is 1.38. The van der Waals surface area contributed by atoms with E-state index in [0.717, 1.165) is 0 Å². The number of likely N-dealkylation sites (N-methyl/N-ethyl adjacent to an activating group) is 1. The van der Waals surface area contributed by atoms with E-state index in [1.54, 1.807) is 7.05 Å². The summed E-state index contributed by atoms with van der Waals surface area (Å²) in [4.78, 5) is 22.3. The van der Waals surface area contributed by atoms with Crippen LogP contribution in [0.3, 0.4) is 0 Å². The lowest BCUT2D eigenvalue weighted by Gasteiger charge is -2.25. The van der Waals surface area contributed by atoms with Gasteiger partial charge in [-0.25, -0.2) is 0 Å². The average Bonchev–Trinajstić information content (AvgIpc) is 1.96. The molecule has 12 heavy (non-hydrogen) atoms. The van der Waals surface area contributed by atoms with Crippen molar-refractivity contribution in [2.24, 2.45) is 0 Å². The lowest BCUT2D eigenvalue weighted by atomic mass is 9.87. The van der Waals surface area contributed by atoms with Crippen LogP contribution in [0, 0.1) is 0 Å². The molecule has 0 amide bonds. The molecule has 1 atom stereocenters. The topological polar surface area (TPSA) is 66.4 Å². The minimum Gasteiger partial charge on any atom is -0.385 e. The first-order valence-corrected chi connectivity index (χ1v) is 3.67. The second-order valence-corrected chi connectivity index (χ2v) is 3.05. The molecular weight excluding hydrogens is 158 g/mol. The average molecular weight is 169 g/mol. The fourth-order valence-electron chi connectivity index (χ4n) is 1.17. The fraction of sp³-hybridized carbons (Fsp3) is 0.500. The molecule has 0 aromatic carbocycles. The van der Waals surface area contributed by atoms with Crippen molar-refractivity contribution < 1.29 is 14.7 Å². The van der Waals surface area contributed by atoms with Gasteiger partial charge in [0.1, 0.15) is 5.60 Å². The van der Waals surface area contributed by atoms with Gasteiger partial charge in [-0.15, -0.1) is 0 Å². The van der Waals surface area contributed by atoms with E-state index in [-0.39, 0.29) is 17.9 Å². The fourth-order valence-corrected chi connectivity index (χ4v) is 1.17. The largest absolute Gasteiger partial charge is 0.385 e. The van der Waals surface area contributed by atoms with Gasteiger partial charge in [0.25, 0.3) is 0 Å². The Bertz CT molecular complexity index is 265. The van der Waals surface area contributed by atoms with Crippen LogP contribution in [-0.4, -0.2) is 29.3 Å². The lowest BCUT2D eigenvalue weighted by molar-refractivity contribution is -0.138. The molecule has 4 heteroatoms. The van der Waals surface area contributed by atoms with Crippen LogP contribution in [0.15, 0.2) is 11.8 Å². The van der Waals surface area contributed by atoms with Gasteiger partial charge in [0.2, 0.25) is 5.78 Å². The van der Waals surface area contributed by atoms with Crippen molar-refractivity contribution in [3.05, 3.63) is 11.8 Å². The first-order valence-electron chi connectivity index (χ1n) is 3.67. The number of allylic oxidation sites excluding steroid dienone is 1. The van der Waals surface area contributed by atoms with E-state index in [4.69, 9.17) is 0 Å². The molecule has 66 valence electrons. The molecule has 0 radical (unpaired) electrons. The van der Waals surface area contributed by atoms with Crippen molar-refractivity contribution in [1.29, 1.82) is 0 Å². The van der Waals surface area contributed by atoms with Gasteiger partial charge < -0.3 is 10.4 Å². The highest BCUT2D eigenvalue weighted by atomic mass is 16.3. The van der Waals surface area contributed by atoms with Crippen LogP contribution in [0.4, 0.5) is 0 Å². The van der Waals surface area contributed by atoms with Gasteiger partial charge in [-0.3, -0.25) is 9.59 Å². The number of carbonyl (C=O) groups is 2. The summed E-state index contributed by atoms with van der Waals surface area (Å²) in [6.45, 7) is 1.34. The highest BCUT2D eigenvalue weighted by Crippen LogP contribution is 2.20. The number of hydrogen-bond acceptors (Lipinski definition) is 4. The van der Waals surface area contributed by atoms with Crippen molar-refractivity contribution in [3.63, 3.8) is 0 Å². The Kier molecular flexibility index (Phi) is 2.02. The third-order valence-electron chi connectivity index (χ3n) is 1.83. The Morgan fingerprint density at radius 2 is 2.17 bits per heavy atom. The van der Waals surface area contributed by atoms with Gasteiger partial charge in [0, 0.05) is 19.5 Å². The van der Waals surface area contributed by atoms with Gasteiger partial charge in [-0.2, -0.15) is 0 Å². The van der Waals surface area contributed by atoms with Gasteiger partial charge in [-0.05, 0) is 6.92 Å². The Balaban J connectivity index is 3.04. The molecule has 1 aliphatic rings. The summed E-state index contributed by atoms with van der Waals surface area (Å²) >= 11 is 0. The highest BCUT2D eigenvalue weighted by Gasteiger charge is 2.38. The van der Waals surface area contributed by atoms with Gasteiger partial charge in [0.15, 0.2) is 5.78 Å². The number of Topliss-reactive ketones (excluding diaryl/α,β-unsaturated/α-hetero) is 1. The maximum atomic E-state index is 11.3. The van der Waals surface area contributed by atoms with Crippen molar-refractivity contribution in [2.75, 3.05) is 7.05 Å². The maximum Gasteiger partial charge on any atom is 0.210 e. The summed E-state index contributed by atoms with van der Waals surface area (Å²) in [6, 6.07) is 0. The summed E-state index contributed by atoms with van der Waals surface area (Å²) in [7, 11) is 1.54.